The van der Waals surface area contributed by atoms with Gasteiger partial charge in [-0.25, -0.2) is 4.68 Å². The lowest BCUT2D eigenvalue weighted by molar-refractivity contribution is 0.848. The van der Waals surface area contributed by atoms with Gasteiger partial charge in [0.05, 0.1) is 16.3 Å². The number of halogens is 1. The van der Waals surface area contributed by atoms with Gasteiger partial charge in [0.15, 0.2) is 5.82 Å². The Hall–Kier alpha value is -1.71. The summed E-state index contributed by atoms with van der Waals surface area (Å²) in [7, 11) is 0. The molecule has 18 heavy (non-hydrogen) atoms. The molecule has 7 heteroatoms. The average molecular weight is 280 g/mol. The van der Waals surface area contributed by atoms with Crippen molar-refractivity contribution in [3.05, 3.63) is 29.3 Å². The number of nitrogens with zero attached hydrogens (tertiary/aromatic N) is 4. The van der Waals surface area contributed by atoms with E-state index in [2.05, 4.69) is 16.3 Å². The van der Waals surface area contributed by atoms with Crippen LogP contribution in [-0.2, 0) is 0 Å². The highest BCUT2D eigenvalue weighted by molar-refractivity contribution is 8.00. The molecule has 0 aliphatic heterocycles. The van der Waals surface area contributed by atoms with Crippen LogP contribution in [-0.4, -0.2) is 20.1 Å². The highest BCUT2D eigenvalue weighted by Gasteiger charge is 2.16. The van der Waals surface area contributed by atoms with Gasteiger partial charge >= 0.3 is 0 Å². The summed E-state index contributed by atoms with van der Waals surface area (Å²) in [5.74, 6) is 6.39. The molecule has 0 bridgehead atoms. The van der Waals surface area contributed by atoms with Crippen molar-refractivity contribution in [2.75, 3.05) is 5.84 Å². The lowest BCUT2D eigenvalue weighted by atomic mass is 10.2. The molecule has 1 unspecified atom stereocenters. The summed E-state index contributed by atoms with van der Waals surface area (Å²) in [6.45, 7) is 1.77. The molecule has 1 aromatic heterocycles. The number of benzene rings is 1. The Morgan fingerprint density at radius 1 is 1.44 bits per heavy atom. The second-order valence-electron chi connectivity index (χ2n) is 3.55. The quantitative estimate of drug-likeness (QED) is 0.689. The number of hydrogen-bond donors (Lipinski definition) is 1. The van der Waals surface area contributed by atoms with Gasteiger partial charge < -0.3 is 5.84 Å². The minimum atomic E-state index is -0.240. The molecule has 1 heterocycles. The van der Waals surface area contributed by atoms with Gasteiger partial charge in [0.25, 0.3) is 0 Å². The molecule has 0 aliphatic rings. The van der Waals surface area contributed by atoms with E-state index in [0.29, 0.717) is 21.6 Å². The fourth-order valence-corrected chi connectivity index (χ4v) is 2.25. The summed E-state index contributed by atoms with van der Waals surface area (Å²) in [5.41, 5.74) is 0.714. The summed E-state index contributed by atoms with van der Waals surface area (Å²) in [6, 6.07) is 9.36. The number of aromatic nitrogens is 3. The molecule has 0 fully saturated rings. The predicted molar refractivity (Wildman–Crippen MR) is 71.6 cm³/mol. The lowest BCUT2D eigenvalue weighted by Gasteiger charge is -2.05. The van der Waals surface area contributed by atoms with E-state index in [1.807, 2.05) is 18.2 Å². The highest BCUT2D eigenvalue weighted by Crippen LogP contribution is 2.28. The van der Waals surface area contributed by atoms with Crippen LogP contribution in [0.2, 0.25) is 5.02 Å². The molecular weight excluding hydrogens is 270 g/mol. The fraction of sp³-hybridized carbons (Fsp3) is 0.182. The molecule has 0 radical (unpaired) electrons. The first kappa shape index (κ1) is 12.7. The van der Waals surface area contributed by atoms with E-state index in [1.165, 1.54) is 16.4 Å². The molecule has 0 saturated carbocycles. The summed E-state index contributed by atoms with van der Waals surface area (Å²) in [5, 5.41) is 17.5. The number of rotatable bonds is 3. The average Bonchev–Trinajstić information content (AvgIpc) is 2.72. The summed E-state index contributed by atoms with van der Waals surface area (Å²) in [4.78, 5) is 0. The van der Waals surface area contributed by atoms with Gasteiger partial charge in [-0.3, -0.25) is 0 Å². The van der Waals surface area contributed by atoms with Crippen molar-refractivity contribution in [3.63, 3.8) is 0 Å². The first-order chi connectivity index (χ1) is 8.63. The zero-order valence-electron chi connectivity index (χ0n) is 9.54. The zero-order valence-corrected chi connectivity index (χ0v) is 11.1. The maximum absolute atomic E-state index is 8.76. The minimum Gasteiger partial charge on any atom is -0.335 e. The molecular formula is C11H10ClN5S. The smallest absolute Gasteiger partial charge is 0.211 e. The Labute approximate surface area is 114 Å². The van der Waals surface area contributed by atoms with Gasteiger partial charge in [-0.05, 0) is 19.1 Å². The van der Waals surface area contributed by atoms with E-state index < -0.39 is 0 Å². The Morgan fingerprint density at radius 3 is 2.83 bits per heavy atom. The summed E-state index contributed by atoms with van der Waals surface area (Å²) >= 11 is 7.33. The van der Waals surface area contributed by atoms with Crippen molar-refractivity contribution in [1.29, 1.82) is 5.26 Å². The predicted octanol–water partition coefficient (Wildman–Crippen LogP) is 2.32. The lowest BCUT2D eigenvalue weighted by Crippen LogP contribution is -2.12. The van der Waals surface area contributed by atoms with Crippen molar-refractivity contribution in [3.8, 4) is 17.5 Å². The van der Waals surface area contributed by atoms with Crippen LogP contribution < -0.4 is 5.84 Å². The topological polar surface area (TPSA) is 80.5 Å². The van der Waals surface area contributed by atoms with Crippen molar-refractivity contribution >= 4 is 23.4 Å². The third kappa shape index (κ3) is 2.42. The molecule has 1 atom stereocenters. The third-order valence-corrected chi connectivity index (χ3v) is 3.52. The number of nitrogens with two attached hydrogens (primary N) is 1. The van der Waals surface area contributed by atoms with Gasteiger partial charge in [0.2, 0.25) is 5.16 Å². The van der Waals surface area contributed by atoms with E-state index in [-0.39, 0.29) is 5.25 Å². The molecule has 0 aliphatic carbocycles. The molecule has 2 N–H and O–H groups in total. The SMILES string of the molecule is CC(C#N)Sc1nnc(-c2ccccc2Cl)n1N. The molecule has 0 amide bonds. The van der Waals surface area contributed by atoms with Gasteiger partial charge in [-0.2, -0.15) is 5.26 Å². The Balaban J connectivity index is 2.38. The highest BCUT2D eigenvalue weighted by atomic mass is 35.5. The van der Waals surface area contributed by atoms with Crippen LogP contribution in [0, 0.1) is 11.3 Å². The van der Waals surface area contributed by atoms with Crippen molar-refractivity contribution in [1.82, 2.24) is 14.9 Å². The van der Waals surface area contributed by atoms with E-state index in [0.717, 1.165) is 0 Å². The van der Waals surface area contributed by atoms with Crippen molar-refractivity contribution < 1.29 is 0 Å². The van der Waals surface area contributed by atoms with Gasteiger partial charge in [-0.15, -0.1) is 10.2 Å². The first-order valence-electron chi connectivity index (χ1n) is 5.15. The normalized spacial score (nSPS) is 12.1. The standard InChI is InChI=1S/C11H10ClN5S/c1-7(6-13)18-11-16-15-10(17(11)14)8-4-2-3-5-9(8)12/h2-5,7H,14H2,1H3. The van der Waals surface area contributed by atoms with Crippen molar-refractivity contribution in [2.45, 2.75) is 17.3 Å². The van der Waals surface area contributed by atoms with Crippen molar-refractivity contribution in [2.24, 2.45) is 0 Å². The number of nitriles is 1. The maximum Gasteiger partial charge on any atom is 0.211 e. The van der Waals surface area contributed by atoms with Crippen LogP contribution in [0.15, 0.2) is 29.4 Å². The van der Waals surface area contributed by atoms with Crippen LogP contribution in [0.25, 0.3) is 11.4 Å². The molecule has 0 saturated heterocycles. The van der Waals surface area contributed by atoms with Gasteiger partial charge in [0, 0.05) is 5.56 Å². The molecule has 2 aromatic rings. The van der Waals surface area contributed by atoms with Crippen LogP contribution in [0.1, 0.15) is 6.92 Å². The molecule has 5 nitrogen and oxygen atoms in total. The van der Waals surface area contributed by atoms with E-state index >= 15 is 0 Å². The number of thioether (sulfide) groups is 1. The number of hydrogen-bond acceptors (Lipinski definition) is 5. The molecule has 0 spiro atoms. The fourth-order valence-electron chi connectivity index (χ4n) is 1.37. The van der Waals surface area contributed by atoms with E-state index in [4.69, 9.17) is 22.7 Å². The van der Waals surface area contributed by atoms with E-state index in [1.54, 1.807) is 13.0 Å². The van der Waals surface area contributed by atoms with Gasteiger partial charge in [0.1, 0.15) is 0 Å². The monoisotopic (exact) mass is 279 g/mol. The molecule has 1 aromatic carbocycles. The molecule has 92 valence electrons. The van der Waals surface area contributed by atoms with Gasteiger partial charge in [-0.1, -0.05) is 35.5 Å². The summed E-state index contributed by atoms with van der Waals surface area (Å²) < 4.78 is 1.35. The third-order valence-electron chi connectivity index (χ3n) is 2.24. The van der Waals surface area contributed by atoms with Crippen LogP contribution in [0.4, 0.5) is 0 Å². The minimum absolute atomic E-state index is 0.240. The Bertz CT molecular complexity index is 604. The Kier molecular flexibility index (Phi) is 3.75. The van der Waals surface area contributed by atoms with Crippen LogP contribution >= 0.6 is 23.4 Å². The van der Waals surface area contributed by atoms with Crippen LogP contribution in [0.5, 0.6) is 0 Å². The Morgan fingerprint density at radius 2 is 2.17 bits per heavy atom. The van der Waals surface area contributed by atoms with Crippen LogP contribution in [0.3, 0.4) is 0 Å². The first-order valence-corrected chi connectivity index (χ1v) is 6.41. The number of nitrogen functional groups attached to an aromatic ring is 1. The zero-order chi connectivity index (χ0) is 13.1. The second kappa shape index (κ2) is 5.29. The van der Waals surface area contributed by atoms with E-state index in [9.17, 15) is 0 Å². The maximum atomic E-state index is 8.76. The molecule has 2 rings (SSSR count). The summed E-state index contributed by atoms with van der Waals surface area (Å²) in [6.07, 6.45) is 0. The largest absolute Gasteiger partial charge is 0.335 e. The second-order valence-corrected chi connectivity index (χ2v) is 5.26.